The van der Waals surface area contributed by atoms with Gasteiger partial charge in [-0.25, -0.2) is 8.42 Å². The third-order valence-electron chi connectivity index (χ3n) is 5.09. The number of nitrogens with one attached hydrogen (secondary N) is 1. The number of hydrogen-bond donors (Lipinski definition) is 1. The minimum atomic E-state index is -4.02. The second kappa shape index (κ2) is 9.24. The lowest BCUT2D eigenvalue weighted by Gasteiger charge is -2.24. The standard InChI is InChI=1S/C24H24N2O4S/c1-17-9-13-21(14-10-17)23(25-31(29,30)22-15-11-18(2)12-16-22)24(26(27)28)19(3)20-7-5-4-6-8-20/h4-16,23-25H,3H2,1-2H3/t23-,24-/m1/s1. The predicted octanol–water partition coefficient (Wildman–Crippen LogP) is 4.68. The maximum atomic E-state index is 13.1. The molecule has 160 valence electrons. The van der Waals surface area contributed by atoms with Crippen molar-refractivity contribution in [3.8, 4) is 0 Å². The molecule has 2 atom stereocenters. The Labute approximate surface area is 182 Å². The van der Waals surface area contributed by atoms with Crippen molar-refractivity contribution in [1.29, 1.82) is 0 Å². The van der Waals surface area contributed by atoms with E-state index in [1.165, 1.54) is 12.1 Å². The highest BCUT2D eigenvalue weighted by atomic mass is 32.2. The van der Waals surface area contributed by atoms with Crippen molar-refractivity contribution in [2.75, 3.05) is 0 Å². The van der Waals surface area contributed by atoms with Crippen LogP contribution >= 0.6 is 0 Å². The third-order valence-corrected chi connectivity index (χ3v) is 6.55. The molecule has 31 heavy (non-hydrogen) atoms. The van der Waals surface area contributed by atoms with Crippen molar-refractivity contribution in [2.24, 2.45) is 0 Å². The van der Waals surface area contributed by atoms with Crippen molar-refractivity contribution in [3.63, 3.8) is 0 Å². The number of hydrogen-bond acceptors (Lipinski definition) is 4. The van der Waals surface area contributed by atoms with E-state index < -0.39 is 27.0 Å². The van der Waals surface area contributed by atoms with Gasteiger partial charge in [0.15, 0.2) is 0 Å². The van der Waals surface area contributed by atoms with Gasteiger partial charge in [0.1, 0.15) is 6.04 Å². The van der Waals surface area contributed by atoms with Crippen LogP contribution in [-0.2, 0) is 10.0 Å². The Kier molecular flexibility index (Phi) is 6.68. The molecule has 0 radical (unpaired) electrons. The van der Waals surface area contributed by atoms with Gasteiger partial charge >= 0.3 is 0 Å². The summed E-state index contributed by atoms with van der Waals surface area (Å²) in [7, 11) is -4.02. The fourth-order valence-electron chi connectivity index (χ4n) is 3.31. The lowest BCUT2D eigenvalue weighted by atomic mass is 9.91. The Morgan fingerprint density at radius 3 is 1.94 bits per heavy atom. The second-order valence-electron chi connectivity index (χ2n) is 7.44. The lowest BCUT2D eigenvalue weighted by molar-refractivity contribution is -0.510. The summed E-state index contributed by atoms with van der Waals surface area (Å²) in [4.78, 5) is 11.7. The summed E-state index contributed by atoms with van der Waals surface area (Å²) in [6.07, 6.45) is 0. The molecule has 0 amide bonds. The smallest absolute Gasteiger partial charge is 0.258 e. The summed E-state index contributed by atoms with van der Waals surface area (Å²) in [6.45, 7) is 7.69. The van der Waals surface area contributed by atoms with Gasteiger partial charge in [-0.2, -0.15) is 4.72 Å². The average molecular weight is 437 g/mol. The van der Waals surface area contributed by atoms with E-state index in [9.17, 15) is 18.5 Å². The van der Waals surface area contributed by atoms with Gasteiger partial charge in [-0.1, -0.05) is 84.4 Å². The third kappa shape index (κ3) is 5.25. The summed E-state index contributed by atoms with van der Waals surface area (Å²) in [5, 5.41) is 12.2. The predicted molar refractivity (Wildman–Crippen MR) is 122 cm³/mol. The fraction of sp³-hybridized carbons (Fsp3) is 0.167. The molecule has 3 aromatic rings. The van der Waals surface area contributed by atoms with Crippen LogP contribution in [0, 0.1) is 24.0 Å². The van der Waals surface area contributed by atoms with Gasteiger partial charge in [0.2, 0.25) is 10.0 Å². The molecule has 0 aliphatic heterocycles. The van der Waals surface area contributed by atoms with E-state index in [0.717, 1.165) is 11.1 Å². The molecule has 0 bridgehead atoms. The van der Waals surface area contributed by atoms with Crippen molar-refractivity contribution in [3.05, 3.63) is 118 Å². The van der Waals surface area contributed by atoms with Crippen LogP contribution in [0.1, 0.15) is 28.3 Å². The van der Waals surface area contributed by atoms with Crippen LogP contribution in [0.2, 0.25) is 0 Å². The first-order chi connectivity index (χ1) is 14.7. The first-order valence-electron chi connectivity index (χ1n) is 9.72. The van der Waals surface area contributed by atoms with Crippen LogP contribution in [0.25, 0.3) is 5.57 Å². The molecule has 1 N–H and O–H groups in total. The number of nitro groups is 1. The molecule has 0 spiro atoms. The van der Waals surface area contributed by atoms with Crippen LogP contribution in [0.15, 0.2) is 90.3 Å². The van der Waals surface area contributed by atoms with Crippen molar-refractivity contribution in [2.45, 2.75) is 30.8 Å². The largest absolute Gasteiger partial charge is 0.264 e. The number of nitrogens with zero attached hydrogens (tertiary/aromatic N) is 1. The van der Waals surface area contributed by atoms with E-state index in [1.807, 2.05) is 13.8 Å². The Morgan fingerprint density at radius 2 is 1.42 bits per heavy atom. The van der Waals surface area contributed by atoms with Crippen LogP contribution in [0.4, 0.5) is 0 Å². The Balaban J connectivity index is 2.08. The Hall–Kier alpha value is -3.29. The van der Waals surface area contributed by atoms with Gasteiger partial charge in [0, 0.05) is 10.5 Å². The molecule has 0 saturated carbocycles. The minimum absolute atomic E-state index is 0.0441. The lowest BCUT2D eigenvalue weighted by Crippen LogP contribution is -2.40. The monoisotopic (exact) mass is 436 g/mol. The molecule has 3 rings (SSSR count). The summed E-state index contributed by atoms with van der Waals surface area (Å²) in [5.74, 6) is 0. The molecule has 0 aliphatic rings. The van der Waals surface area contributed by atoms with Crippen LogP contribution in [0.3, 0.4) is 0 Å². The molecule has 6 nitrogen and oxygen atoms in total. The number of aryl methyl sites for hydroxylation is 2. The average Bonchev–Trinajstić information content (AvgIpc) is 2.74. The van der Waals surface area contributed by atoms with Gasteiger partial charge in [0.25, 0.3) is 6.04 Å². The van der Waals surface area contributed by atoms with Gasteiger partial charge in [-0.15, -0.1) is 0 Å². The number of sulfonamides is 1. The molecule has 0 saturated heterocycles. The van der Waals surface area contributed by atoms with Gasteiger partial charge in [0.05, 0.1) is 4.90 Å². The van der Waals surface area contributed by atoms with Gasteiger partial charge in [-0.05, 0) is 37.1 Å². The zero-order chi connectivity index (χ0) is 22.6. The summed E-state index contributed by atoms with van der Waals surface area (Å²) in [5.41, 5.74) is 3.16. The maximum Gasteiger partial charge on any atom is 0.258 e. The Morgan fingerprint density at radius 1 is 0.903 bits per heavy atom. The van der Waals surface area contributed by atoms with Crippen LogP contribution in [0.5, 0.6) is 0 Å². The quantitative estimate of drug-likeness (QED) is 0.410. The maximum absolute atomic E-state index is 13.1. The molecule has 7 heteroatoms. The summed E-state index contributed by atoms with van der Waals surface area (Å²) >= 11 is 0. The van der Waals surface area contributed by atoms with Crippen LogP contribution in [-0.4, -0.2) is 19.4 Å². The number of rotatable bonds is 8. The molecule has 0 aliphatic carbocycles. The van der Waals surface area contributed by atoms with E-state index in [-0.39, 0.29) is 10.5 Å². The highest BCUT2D eigenvalue weighted by molar-refractivity contribution is 7.89. The summed E-state index contributed by atoms with van der Waals surface area (Å²) in [6, 6.07) is 19.5. The van der Waals surface area contributed by atoms with Gasteiger partial charge in [-0.3, -0.25) is 10.1 Å². The normalized spacial score (nSPS) is 13.4. The molecular weight excluding hydrogens is 412 g/mol. The van der Waals surface area contributed by atoms with E-state index in [2.05, 4.69) is 11.3 Å². The van der Waals surface area contributed by atoms with E-state index in [0.29, 0.717) is 11.1 Å². The topological polar surface area (TPSA) is 89.3 Å². The number of benzene rings is 3. The van der Waals surface area contributed by atoms with Gasteiger partial charge < -0.3 is 0 Å². The SMILES string of the molecule is C=C(c1ccccc1)[C@H]([C@H](NS(=O)(=O)c1ccc(C)cc1)c1ccc(C)cc1)[N+](=O)[O-]. The first kappa shape index (κ1) is 22.4. The fourth-order valence-corrected chi connectivity index (χ4v) is 4.54. The summed E-state index contributed by atoms with van der Waals surface area (Å²) < 4.78 is 28.8. The van der Waals surface area contributed by atoms with Crippen molar-refractivity contribution >= 4 is 15.6 Å². The molecule has 0 aromatic heterocycles. The van der Waals surface area contributed by atoms with Crippen molar-refractivity contribution < 1.29 is 13.3 Å². The highest BCUT2D eigenvalue weighted by Crippen LogP contribution is 2.31. The highest BCUT2D eigenvalue weighted by Gasteiger charge is 2.39. The minimum Gasteiger partial charge on any atom is -0.264 e. The molecule has 0 heterocycles. The molecular formula is C24H24N2O4S. The van der Waals surface area contributed by atoms with Crippen molar-refractivity contribution in [1.82, 2.24) is 4.72 Å². The Bertz CT molecular complexity index is 1170. The zero-order valence-corrected chi connectivity index (χ0v) is 18.2. The second-order valence-corrected chi connectivity index (χ2v) is 9.16. The van der Waals surface area contributed by atoms with E-state index >= 15 is 0 Å². The molecule has 0 unspecified atom stereocenters. The first-order valence-corrected chi connectivity index (χ1v) is 11.2. The van der Waals surface area contributed by atoms with E-state index in [1.54, 1.807) is 66.7 Å². The molecule has 3 aromatic carbocycles. The molecule has 0 fully saturated rings. The van der Waals surface area contributed by atoms with E-state index in [4.69, 9.17) is 0 Å². The zero-order valence-electron chi connectivity index (χ0n) is 17.4. The van der Waals surface area contributed by atoms with Crippen LogP contribution < -0.4 is 4.72 Å².